The van der Waals surface area contributed by atoms with E-state index in [0.717, 1.165) is 22.9 Å². The lowest BCUT2D eigenvalue weighted by Gasteiger charge is -2.01. The van der Waals surface area contributed by atoms with Crippen LogP contribution >= 0.6 is 34.8 Å². The van der Waals surface area contributed by atoms with Crippen LogP contribution in [0.1, 0.15) is 18.4 Å². The number of halogens is 3. The molecule has 3 rings (SSSR count). The first-order chi connectivity index (χ1) is 9.49. The van der Waals surface area contributed by atoms with Crippen molar-refractivity contribution in [2.24, 2.45) is 0 Å². The SMILES string of the molecule is CCc1c[nH]c2ccc(-c3noc(C(Cl)(Cl)Cl)n3)cc12. The molecule has 0 fully saturated rings. The van der Waals surface area contributed by atoms with Gasteiger partial charge in [-0.2, -0.15) is 4.98 Å². The number of benzene rings is 1. The van der Waals surface area contributed by atoms with Crippen molar-refractivity contribution in [3.8, 4) is 11.4 Å². The minimum absolute atomic E-state index is 0.0395. The Morgan fingerprint density at radius 2 is 2.10 bits per heavy atom. The van der Waals surface area contributed by atoms with Crippen LogP contribution in [0, 0.1) is 0 Å². The summed E-state index contributed by atoms with van der Waals surface area (Å²) in [6.07, 6.45) is 2.94. The van der Waals surface area contributed by atoms with Crippen molar-refractivity contribution in [2.75, 3.05) is 0 Å². The molecular formula is C13H10Cl3N3O. The molecule has 0 amide bonds. The summed E-state index contributed by atoms with van der Waals surface area (Å²) in [6, 6.07) is 5.86. The predicted molar refractivity (Wildman–Crippen MR) is 80.2 cm³/mol. The van der Waals surface area contributed by atoms with Crippen molar-refractivity contribution in [2.45, 2.75) is 17.1 Å². The van der Waals surface area contributed by atoms with Crippen LogP contribution < -0.4 is 0 Å². The summed E-state index contributed by atoms with van der Waals surface area (Å²) in [4.78, 5) is 7.33. The van der Waals surface area contributed by atoms with Crippen LogP contribution in [-0.4, -0.2) is 15.1 Å². The molecule has 0 radical (unpaired) electrons. The fourth-order valence-corrected chi connectivity index (χ4v) is 2.30. The molecule has 2 heterocycles. The lowest BCUT2D eigenvalue weighted by Crippen LogP contribution is -1.99. The van der Waals surface area contributed by atoms with Crippen molar-refractivity contribution in [3.05, 3.63) is 35.9 Å². The molecule has 0 aliphatic carbocycles. The number of aromatic amines is 1. The molecule has 0 aliphatic rings. The minimum Gasteiger partial charge on any atom is -0.361 e. The molecule has 1 N–H and O–H groups in total. The highest BCUT2D eigenvalue weighted by molar-refractivity contribution is 6.66. The van der Waals surface area contributed by atoms with Gasteiger partial charge in [0.05, 0.1) is 0 Å². The van der Waals surface area contributed by atoms with E-state index in [1.54, 1.807) is 0 Å². The zero-order chi connectivity index (χ0) is 14.3. The maximum atomic E-state index is 5.71. The van der Waals surface area contributed by atoms with Gasteiger partial charge < -0.3 is 9.51 Å². The van der Waals surface area contributed by atoms with Gasteiger partial charge in [-0.3, -0.25) is 0 Å². The number of hydrogen-bond donors (Lipinski definition) is 1. The van der Waals surface area contributed by atoms with E-state index in [0.29, 0.717) is 5.82 Å². The molecule has 0 atom stereocenters. The number of rotatable bonds is 2. The molecule has 7 heteroatoms. The van der Waals surface area contributed by atoms with Gasteiger partial charge in [-0.1, -0.05) is 46.9 Å². The van der Waals surface area contributed by atoms with Crippen LogP contribution in [0.2, 0.25) is 0 Å². The third-order valence-corrected chi connectivity index (χ3v) is 3.56. The Kier molecular flexibility index (Phi) is 3.40. The predicted octanol–water partition coefficient (Wildman–Crippen LogP) is 4.61. The van der Waals surface area contributed by atoms with Gasteiger partial charge in [0.15, 0.2) is 0 Å². The summed E-state index contributed by atoms with van der Waals surface area (Å²) >= 11 is 17.1. The van der Waals surface area contributed by atoms with E-state index in [2.05, 4.69) is 22.0 Å². The Balaban J connectivity index is 2.07. The first-order valence-electron chi connectivity index (χ1n) is 6.00. The van der Waals surface area contributed by atoms with Gasteiger partial charge in [0.2, 0.25) is 5.82 Å². The smallest absolute Gasteiger partial charge is 0.279 e. The quantitative estimate of drug-likeness (QED) is 0.698. The summed E-state index contributed by atoms with van der Waals surface area (Å²) < 4.78 is 3.26. The van der Waals surface area contributed by atoms with Crippen LogP contribution in [-0.2, 0) is 10.2 Å². The number of alkyl halides is 3. The van der Waals surface area contributed by atoms with Gasteiger partial charge in [-0.05, 0) is 30.2 Å². The molecule has 0 bridgehead atoms. The summed E-state index contributed by atoms with van der Waals surface area (Å²) in [5, 5.41) is 4.98. The Morgan fingerprint density at radius 3 is 2.75 bits per heavy atom. The fraction of sp³-hybridized carbons (Fsp3) is 0.231. The second-order valence-corrected chi connectivity index (χ2v) is 6.63. The van der Waals surface area contributed by atoms with Gasteiger partial charge >= 0.3 is 0 Å². The molecule has 3 aromatic rings. The number of nitrogens with one attached hydrogen (secondary N) is 1. The maximum Gasteiger partial charge on any atom is 0.279 e. The number of H-pyrrole nitrogens is 1. The molecule has 0 aliphatic heterocycles. The summed E-state index contributed by atoms with van der Waals surface area (Å²) in [7, 11) is 0. The number of nitrogens with zero attached hydrogens (tertiary/aromatic N) is 2. The highest BCUT2D eigenvalue weighted by Crippen LogP contribution is 2.37. The number of aromatic nitrogens is 3. The van der Waals surface area contributed by atoms with Crippen LogP contribution in [0.5, 0.6) is 0 Å². The Bertz CT molecular complexity index is 758. The Hall–Kier alpha value is -1.23. The van der Waals surface area contributed by atoms with Gasteiger partial charge in [-0.25, -0.2) is 0 Å². The monoisotopic (exact) mass is 329 g/mol. The average molecular weight is 331 g/mol. The molecule has 0 unspecified atom stereocenters. The molecule has 104 valence electrons. The van der Waals surface area contributed by atoms with E-state index >= 15 is 0 Å². The van der Waals surface area contributed by atoms with Crippen LogP contribution in [0.15, 0.2) is 28.9 Å². The van der Waals surface area contributed by atoms with Crippen molar-refractivity contribution in [1.82, 2.24) is 15.1 Å². The molecule has 1 aromatic carbocycles. The van der Waals surface area contributed by atoms with E-state index < -0.39 is 3.79 Å². The highest BCUT2D eigenvalue weighted by Gasteiger charge is 2.30. The zero-order valence-corrected chi connectivity index (χ0v) is 12.7. The van der Waals surface area contributed by atoms with Crippen LogP contribution in [0.4, 0.5) is 0 Å². The van der Waals surface area contributed by atoms with Gasteiger partial charge in [-0.15, -0.1) is 0 Å². The summed E-state index contributed by atoms with van der Waals surface area (Å²) in [5.41, 5.74) is 3.11. The normalized spacial score (nSPS) is 12.2. The van der Waals surface area contributed by atoms with E-state index in [1.165, 1.54) is 5.56 Å². The largest absolute Gasteiger partial charge is 0.361 e. The first-order valence-corrected chi connectivity index (χ1v) is 7.13. The van der Waals surface area contributed by atoms with Crippen molar-refractivity contribution in [3.63, 3.8) is 0 Å². The van der Waals surface area contributed by atoms with E-state index in [1.807, 2.05) is 24.4 Å². The molecule has 4 nitrogen and oxygen atoms in total. The molecule has 0 saturated carbocycles. The summed E-state index contributed by atoms with van der Waals surface area (Å²) in [6.45, 7) is 2.10. The second kappa shape index (κ2) is 4.95. The second-order valence-electron chi connectivity index (χ2n) is 4.35. The molecule has 0 saturated heterocycles. The third kappa shape index (κ3) is 2.39. The van der Waals surface area contributed by atoms with E-state index in [4.69, 9.17) is 39.3 Å². The van der Waals surface area contributed by atoms with Crippen molar-refractivity contribution >= 4 is 45.7 Å². The Labute approximate surface area is 130 Å². The molecule has 0 spiro atoms. The average Bonchev–Trinajstić information content (AvgIpc) is 3.04. The van der Waals surface area contributed by atoms with Crippen LogP contribution in [0.3, 0.4) is 0 Å². The maximum absolute atomic E-state index is 5.71. The van der Waals surface area contributed by atoms with Crippen LogP contribution in [0.25, 0.3) is 22.3 Å². The van der Waals surface area contributed by atoms with Gasteiger partial charge in [0, 0.05) is 22.7 Å². The fourth-order valence-electron chi connectivity index (χ4n) is 2.07. The minimum atomic E-state index is -1.71. The molecular weight excluding hydrogens is 321 g/mol. The standard InChI is InChI=1S/C13H10Cl3N3O/c1-2-7-6-17-10-4-3-8(5-9(7)10)11-18-12(20-19-11)13(14,15)16/h3-6,17H,2H2,1H3. The topological polar surface area (TPSA) is 54.7 Å². The first kappa shape index (κ1) is 13.7. The molecule has 2 aromatic heterocycles. The molecule has 20 heavy (non-hydrogen) atoms. The van der Waals surface area contributed by atoms with E-state index in [9.17, 15) is 0 Å². The summed E-state index contributed by atoms with van der Waals surface area (Å²) in [5.74, 6) is 0.360. The van der Waals surface area contributed by atoms with Crippen molar-refractivity contribution in [1.29, 1.82) is 0 Å². The van der Waals surface area contributed by atoms with Gasteiger partial charge in [0.1, 0.15) is 0 Å². The number of hydrogen-bond acceptors (Lipinski definition) is 3. The lowest BCUT2D eigenvalue weighted by atomic mass is 10.1. The number of fused-ring (bicyclic) bond motifs is 1. The zero-order valence-electron chi connectivity index (χ0n) is 10.5. The van der Waals surface area contributed by atoms with Gasteiger partial charge in [0.25, 0.3) is 9.68 Å². The number of aryl methyl sites for hydroxylation is 1. The highest BCUT2D eigenvalue weighted by atomic mass is 35.6. The Morgan fingerprint density at radius 1 is 1.30 bits per heavy atom. The third-order valence-electron chi connectivity index (χ3n) is 3.08. The van der Waals surface area contributed by atoms with E-state index in [-0.39, 0.29) is 5.89 Å². The lowest BCUT2D eigenvalue weighted by molar-refractivity contribution is 0.383. The van der Waals surface area contributed by atoms with Crippen molar-refractivity contribution < 1.29 is 4.52 Å².